The molecule has 12 nitrogen and oxygen atoms in total. The van der Waals surface area contributed by atoms with Crippen LogP contribution in [0.1, 0.15) is 0 Å². The van der Waals surface area contributed by atoms with Crippen molar-refractivity contribution < 1.29 is 30.4 Å². The number of carbonyl (C=O) groups excluding carboxylic acids is 4. The van der Waals surface area contributed by atoms with Gasteiger partial charge in [-0.3, -0.25) is 0 Å². The number of benzene rings is 5. The van der Waals surface area contributed by atoms with E-state index in [1.54, 1.807) is 97.1 Å². The number of hydrogen-bond acceptors (Lipinski definition) is 8. The van der Waals surface area contributed by atoms with E-state index in [2.05, 4.69) is 47.6 Å². The van der Waals surface area contributed by atoms with Gasteiger partial charge in [0.15, 0.2) is 0 Å². The van der Waals surface area contributed by atoms with Crippen molar-refractivity contribution in [1.29, 1.82) is 0 Å². The van der Waals surface area contributed by atoms with Crippen molar-refractivity contribution in [2.24, 2.45) is 0 Å². The van der Waals surface area contributed by atoms with Gasteiger partial charge in [-0.15, -0.1) is 0 Å². The zero-order valence-corrected chi connectivity index (χ0v) is 36.8. The SMILES string of the molecule is C=CC(=O)Nc1ccc([O][Bi]([O]c2ccc(NC(=O)C=C)cc2)[c]2cc[c]([Bi]([O]c3ccc(NC(=O)C=C)cc3)[O]c3ccc(NC(=O)C=C)cc3)cc2)cc1. The van der Waals surface area contributed by atoms with Crippen LogP contribution < -0.4 is 39.1 Å². The average molecular weight is 1140 g/mol. The van der Waals surface area contributed by atoms with Gasteiger partial charge in [0.1, 0.15) is 0 Å². The summed E-state index contributed by atoms with van der Waals surface area (Å²) in [6.07, 6.45) is 4.77. The summed E-state index contributed by atoms with van der Waals surface area (Å²) in [5.41, 5.74) is 2.34. The van der Waals surface area contributed by atoms with Gasteiger partial charge in [-0.05, 0) is 0 Å². The van der Waals surface area contributed by atoms with Crippen molar-refractivity contribution in [3.8, 4) is 23.0 Å². The minimum absolute atomic E-state index is 0.328. The monoisotopic (exact) mass is 1140 g/mol. The summed E-state index contributed by atoms with van der Waals surface area (Å²) in [6, 6.07) is 35.6. The van der Waals surface area contributed by atoms with Crippen molar-refractivity contribution >= 4 is 98.2 Å². The Kier molecular flexibility index (Phi) is 15.1. The van der Waals surface area contributed by atoms with Gasteiger partial charge >= 0.3 is 345 Å². The first-order valence-corrected chi connectivity index (χ1v) is 25.9. The third-order valence-corrected chi connectivity index (χ3v) is 18.7. The first kappa shape index (κ1) is 41.1. The Morgan fingerprint density at radius 2 is 0.554 bits per heavy atom. The third-order valence-electron chi connectivity index (χ3n) is 7.25. The van der Waals surface area contributed by atoms with Crippen LogP contribution in [0.5, 0.6) is 23.0 Å². The molecule has 14 heteroatoms. The molecular weight excluding hydrogens is 1110 g/mol. The van der Waals surface area contributed by atoms with Crippen molar-refractivity contribution in [1.82, 2.24) is 0 Å². The zero-order valence-electron chi connectivity index (χ0n) is 29.8. The number of nitrogens with one attached hydrogen (secondary N) is 4. The number of anilines is 4. The van der Waals surface area contributed by atoms with Crippen LogP contribution in [0.15, 0.2) is 172 Å². The van der Waals surface area contributed by atoms with Gasteiger partial charge < -0.3 is 0 Å². The molecule has 5 rings (SSSR count). The fourth-order valence-corrected chi connectivity index (χ4v) is 14.3. The summed E-state index contributed by atoms with van der Waals surface area (Å²) in [5.74, 6) is 0.919. The summed E-state index contributed by atoms with van der Waals surface area (Å²) >= 11 is -7.12. The van der Waals surface area contributed by atoms with Crippen LogP contribution in [-0.4, -0.2) is 68.9 Å². The van der Waals surface area contributed by atoms with Crippen LogP contribution in [0.2, 0.25) is 0 Å². The molecular formula is C42H36Bi2N4O8. The van der Waals surface area contributed by atoms with Gasteiger partial charge in [-0.25, -0.2) is 0 Å². The fraction of sp³-hybridized carbons (Fsp3) is 0. The summed E-state index contributed by atoms with van der Waals surface area (Å²) < 4.78 is 27.9. The molecule has 0 bridgehead atoms. The predicted molar refractivity (Wildman–Crippen MR) is 221 cm³/mol. The molecule has 5 aromatic carbocycles. The van der Waals surface area contributed by atoms with Crippen LogP contribution >= 0.6 is 0 Å². The standard InChI is InChI=1S/4C9H9NO2.C6H4.2Bi/c4*1-2-9(12)10-7-3-5-8(11)6-4-7;1-2-4-6-5-3-1;;/h4*2-6,11H,1H2,(H,10,12);1-2,5-6H;;/q;;;;;2*+2/p-4. The molecule has 4 N–H and O–H groups in total. The summed E-state index contributed by atoms with van der Waals surface area (Å²) in [7, 11) is 0. The van der Waals surface area contributed by atoms with Crippen molar-refractivity contribution in [2.45, 2.75) is 0 Å². The predicted octanol–water partition coefficient (Wildman–Crippen LogP) is 5.89. The molecule has 282 valence electrons. The Hall–Kier alpha value is -6.09. The second-order valence-corrected chi connectivity index (χ2v) is 22.1. The quantitative estimate of drug-likeness (QED) is 0.0627. The fourth-order valence-electron chi connectivity index (χ4n) is 4.50. The molecule has 5 aromatic rings. The molecule has 0 saturated heterocycles. The van der Waals surface area contributed by atoms with Crippen LogP contribution in [-0.2, 0) is 19.2 Å². The van der Waals surface area contributed by atoms with Gasteiger partial charge in [0, 0.05) is 0 Å². The second kappa shape index (κ2) is 20.5. The van der Waals surface area contributed by atoms with E-state index in [-0.39, 0.29) is 23.6 Å². The Balaban J connectivity index is 1.42. The average Bonchev–Trinajstić information content (AvgIpc) is 3.22. The number of amides is 4. The molecule has 0 aromatic heterocycles. The topological polar surface area (TPSA) is 153 Å². The molecule has 4 amide bonds. The summed E-state index contributed by atoms with van der Waals surface area (Å²) in [4.78, 5) is 47.1. The van der Waals surface area contributed by atoms with E-state index in [4.69, 9.17) is 11.3 Å². The van der Waals surface area contributed by atoms with Crippen LogP contribution in [0.4, 0.5) is 22.7 Å². The molecule has 56 heavy (non-hydrogen) atoms. The normalized spacial score (nSPS) is 10.3. The van der Waals surface area contributed by atoms with E-state index in [0.29, 0.717) is 45.7 Å². The molecule has 0 atom stereocenters. The maximum atomic E-state index is 11.8. The van der Waals surface area contributed by atoms with E-state index in [9.17, 15) is 19.2 Å². The van der Waals surface area contributed by atoms with E-state index in [1.165, 1.54) is 24.3 Å². The van der Waals surface area contributed by atoms with Gasteiger partial charge in [-0.2, -0.15) is 0 Å². The van der Waals surface area contributed by atoms with Crippen LogP contribution in [0.3, 0.4) is 0 Å². The van der Waals surface area contributed by atoms with Crippen LogP contribution in [0, 0.1) is 0 Å². The molecule has 0 aliphatic rings. The zero-order chi connectivity index (χ0) is 39.9. The molecule has 0 heterocycles. The molecule has 0 aliphatic heterocycles. The number of hydrogen-bond donors (Lipinski definition) is 4. The Labute approximate surface area is 342 Å². The first-order chi connectivity index (χ1) is 27.1. The van der Waals surface area contributed by atoms with E-state index in [1.807, 2.05) is 24.3 Å². The van der Waals surface area contributed by atoms with Crippen molar-refractivity contribution in [3.05, 3.63) is 172 Å². The van der Waals surface area contributed by atoms with E-state index >= 15 is 0 Å². The molecule has 0 saturated carbocycles. The third kappa shape index (κ3) is 12.5. The van der Waals surface area contributed by atoms with E-state index < -0.39 is 45.3 Å². The number of rotatable bonds is 18. The second-order valence-electron chi connectivity index (χ2n) is 11.3. The van der Waals surface area contributed by atoms with Crippen molar-refractivity contribution in [2.75, 3.05) is 21.3 Å². The van der Waals surface area contributed by atoms with E-state index in [0.717, 1.165) is 6.54 Å². The van der Waals surface area contributed by atoms with Gasteiger partial charge in [0.2, 0.25) is 0 Å². The van der Waals surface area contributed by atoms with Gasteiger partial charge in [-0.1, -0.05) is 0 Å². The number of carbonyl (C=O) groups is 4. The van der Waals surface area contributed by atoms with Crippen LogP contribution in [0.25, 0.3) is 0 Å². The molecule has 0 aliphatic carbocycles. The first-order valence-electron chi connectivity index (χ1n) is 16.7. The Bertz CT molecular complexity index is 1900. The molecule has 0 spiro atoms. The van der Waals surface area contributed by atoms with Crippen molar-refractivity contribution in [3.63, 3.8) is 0 Å². The Morgan fingerprint density at radius 3 is 0.732 bits per heavy atom. The summed E-state index contributed by atoms with van der Waals surface area (Å²) in [5, 5.41) is 10.9. The molecule has 0 fully saturated rings. The summed E-state index contributed by atoms with van der Waals surface area (Å²) in [6.45, 7) is 13.9. The molecule has 0 radical (unpaired) electrons. The Morgan fingerprint density at radius 1 is 0.357 bits per heavy atom. The maximum absolute atomic E-state index is 11.8. The van der Waals surface area contributed by atoms with Gasteiger partial charge in [0.05, 0.1) is 0 Å². The molecule has 0 unspecified atom stereocenters. The van der Waals surface area contributed by atoms with Gasteiger partial charge in [0.25, 0.3) is 0 Å². The minimum atomic E-state index is -3.56.